The van der Waals surface area contributed by atoms with E-state index in [9.17, 15) is 14.7 Å². The number of carboxylic acids is 1. The summed E-state index contributed by atoms with van der Waals surface area (Å²) in [6, 6.07) is 0. The van der Waals surface area contributed by atoms with E-state index in [0.717, 1.165) is 31.8 Å². The molecule has 0 aromatic rings. The van der Waals surface area contributed by atoms with E-state index in [-0.39, 0.29) is 12.3 Å². The smallest absolute Gasteiger partial charge is 0.310 e. The van der Waals surface area contributed by atoms with Crippen LogP contribution < -0.4 is 5.32 Å². The van der Waals surface area contributed by atoms with Gasteiger partial charge in [-0.15, -0.1) is 0 Å². The number of rotatable bonds is 9. The summed E-state index contributed by atoms with van der Waals surface area (Å²) < 4.78 is 5.49. The van der Waals surface area contributed by atoms with Crippen LogP contribution in [-0.4, -0.2) is 36.7 Å². The van der Waals surface area contributed by atoms with Crippen LogP contribution in [0.25, 0.3) is 0 Å². The van der Waals surface area contributed by atoms with Crippen LogP contribution in [0.15, 0.2) is 0 Å². The van der Waals surface area contributed by atoms with E-state index in [1.54, 1.807) is 0 Å². The first-order valence-electron chi connectivity index (χ1n) is 7.70. The monoisotopic (exact) mass is 283 g/mol. The lowest BCUT2D eigenvalue weighted by molar-refractivity contribution is -0.151. The number of aliphatic carboxylic acids is 1. The van der Waals surface area contributed by atoms with Crippen LogP contribution in [0.3, 0.4) is 0 Å². The van der Waals surface area contributed by atoms with Gasteiger partial charge in [-0.05, 0) is 38.0 Å². The molecule has 0 aromatic heterocycles. The highest BCUT2D eigenvalue weighted by Crippen LogP contribution is 2.41. The van der Waals surface area contributed by atoms with Gasteiger partial charge >= 0.3 is 5.97 Å². The van der Waals surface area contributed by atoms with Crippen molar-refractivity contribution in [1.29, 1.82) is 0 Å². The summed E-state index contributed by atoms with van der Waals surface area (Å²) in [6.45, 7) is 2.08. The Bertz CT molecular complexity index is 346. The third kappa shape index (κ3) is 4.47. The lowest BCUT2D eigenvalue weighted by Crippen LogP contribution is -2.36. The zero-order chi connectivity index (χ0) is 14.4. The van der Waals surface area contributed by atoms with Crippen molar-refractivity contribution in [3.8, 4) is 0 Å². The molecule has 1 amide bonds. The Hall–Kier alpha value is -1.10. The fraction of sp³-hybridized carbons (Fsp3) is 0.867. The number of carboxylic acid groups (broad SMARTS) is 1. The second-order valence-corrected chi connectivity index (χ2v) is 6.19. The zero-order valence-electron chi connectivity index (χ0n) is 12.0. The summed E-state index contributed by atoms with van der Waals surface area (Å²) in [7, 11) is 0. The molecule has 0 radical (unpaired) electrons. The van der Waals surface area contributed by atoms with E-state index in [1.807, 2.05) is 0 Å². The molecule has 114 valence electrons. The van der Waals surface area contributed by atoms with E-state index >= 15 is 0 Å². The fourth-order valence-corrected chi connectivity index (χ4v) is 2.82. The molecular formula is C15H25NO4. The van der Waals surface area contributed by atoms with Gasteiger partial charge < -0.3 is 15.2 Å². The number of nitrogens with one attached hydrogen (secondary N) is 1. The number of amides is 1. The van der Waals surface area contributed by atoms with Crippen molar-refractivity contribution < 1.29 is 19.4 Å². The molecule has 0 heterocycles. The third-order valence-corrected chi connectivity index (χ3v) is 4.35. The van der Waals surface area contributed by atoms with Gasteiger partial charge in [-0.25, -0.2) is 0 Å². The first kappa shape index (κ1) is 15.3. The van der Waals surface area contributed by atoms with Crippen LogP contribution in [0.2, 0.25) is 0 Å². The van der Waals surface area contributed by atoms with Crippen LogP contribution in [-0.2, 0) is 14.3 Å². The molecule has 5 nitrogen and oxygen atoms in total. The Morgan fingerprint density at radius 2 is 1.95 bits per heavy atom. The molecule has 2 aliphatic carbocycles. The standard InChI is InChI=1S/C15H25NO4/c17-13(10-15(14(18)19)6-1-2-7-15)16-8-3-9-20-11-12-4-5-12/h12H,1-11H2,(H,16,17)(H,18,19). The van der Waals surface area contributed by atoms with Gasteiger partial charge in [-0.3, -0.25) is 9.59 Å². The maximum Gasteiger partial charge on any atom is 0.310 e. The van der Waals surface area contributed by atoms with Crippen LogP contribution >= 0.6 is 0 Å². The highest BCUT2D eigenvalue weighted by molar-refractivity contribution is 5.85. The molecule has 0 atom stereocenters. The maximum atomic E-state index is 11.8. The van der Waals surface area contributed by atoms with Crippen molar-refractivity contribution in [2.75, 3.05) is 19.8 Å². The average molecular weight is 283 g/mol. The largest absolute Gasteiger partial charge is 0.481 e. The summed E-state index contributed by atoms with van der Waals surface area (Å²) in [6.07, 6.45) is 6.55. The minimum Gasteiger partial charge on any atom is -0.481 e. The van der Waals surface area contributed by atoms with Gasteiger partial charge in [0, 0.05) is 26.2 Å². The van der Waals surface area contributed by atoms with Crippen LogP contribution in [0.5, 0.6) is 0 Å². The third-order valence-electron chi connectivity index (χ3n) is 4.35. The SMILES string of the molecule is O=C(CC1(C(=O)O)CCCC1)NCCCOCC1CC1. The second kappa shape index (κ2) is 7.07. The Morgan fingerprint density at radius 3 is 2.55 bits per heavy atom. The molecule has 0 aliphatic heterocycles. The highest BCUT2D eigenvalue weighted by atomic mass is 16.5. The number of hydrogen-bond donors (Lipinski definition) is 2. The quantitative estimate of drug-likeness (QED) is 0.634. The normalized spacial score (nSPS) is 20.8. The van der Waals surface area contributed by atoms with Crippen molar-refractivity contribution in [2.45, 2.75) is 51.4 Å². The number of hydrogen-bond acceptors (Lipinski definition) is 3. The van der Waals surface area contributed by atoms with Gasteiger partial charge in [-0.2, -0.15) is 0 Å². The highest BCUT2D eigenvalue weighted by Gasteiger charge is 2.42. The van der Waals surface area contributed by atoms with Gasteiger partial charge in [0.2, 0.25) is 5.91 Å². The molecule has 0 spiro atoms. The lowest BCUT2D eigenvalue weighted by atomic mass is 9.82. The van der Waals surface area contributed by atoms with Crippen molar-refractivity contribution >= 4 is 11.9 Å². The molecule has 2 fully saturated rings. The van der Waals surface area contributed by atoms with Crippen molar-refractivity contribution in [3.63, 3.8) is 0 Å². The van der Waals surface area contributed by atoms with Crippen molar-refractivity contribution in [3.05, 3.63) is 0 Å². The summed E-state index contributed by atoms with van der Waals surface area (Å²) in [5, 5.41) is 12.1. The molecule has 2 aliphatic rings. The minimum absolute atomic E-state index is 0.116. The summed E-state index contributed by atoms with van der Waals surface area (Å²) in [4.78, 5) is 23.2. The van der Waals surface area contributed by atoms with Crippen LogP contribution in [0.4, 0.5) is 0 Å². The van der Waals surface area contributed by atoms with E-state index in [2.05, 4.69) is 5.32 Å². The van der Waals surface area contributed by atoms with E-state index < -0.39 is 11.4 Å². The Morgan fingerprint density at radius 1 is 1.25 bits per heavy atom. The van der Waals surface area contributed by atoms with Gasteiger partial charge in [0.25, 0.3) is 0 Å². The van der Waals surface area contributed by atoms with E-state index in [0.29, 0.717) is 26.0 Å². The van der Waals surface area contributed by atoms with Gasteiger partial charge in [-0.1, -0.05) is 12.8 Å². The second-order valence-electron chi connectivity index (χ2n) is 6.19. The molecule has 0 unspecified atom stereocenters. The van der Waals surface area contributed by atoms with E-state index in [4.69, 9.17) is 4.74 Å². The first-order valence-corrected chi connectivity index (χ1v) is 7.70. The minimum atomic E-state index is -0.821. The Kier molecular flexibility index (Phi) is 5.40. The molecule has 2 saturated carbocycles. The Labute approximate surface area is 120 Å². The summed E-state index contributed by atoms with van der Waals surface area (Å²) in [5.74, 6) is -0.197. The van der Waals surface area contributed by atoms with Gasteiger partial charge in [0.15, 0.2) is 0 Å². The zero-order valence-corrected chi connectivity index (χ0v) is 12.0. The fourth-order valence-electron chi connectivity index (χ4n) is 2.82. The predicted molar refractivity (Wildman–Crippen MR) is 74.3 cm³/mol. The van der Waals surface area contributed by atoms with Crippen molar-refractivity contribution in [2.24, 2.45) is 11.3 Å². The molecule has 20 heavy (non-hydrogen) atoms. The first-order chi connectivity index (χ1) is 9.62. The molecule has 5 heteroatoms. The van der Waals surface area contributed by atoms with Crippen LogP contribution in [0, 0.1) is 11.3 Å². The average Bonchev–Trinajstić information content (AvgIpc) is 3.11. The molecule has 2 N–H and O–H groups in total. The lowest BCUT2D eigenvalue weighted by Gasteiger charge is -2.22. The number of carbonyl (C=O) groups excluding carboxylic acids is 1. The number of ether oxygens (including phenoxy) is 1. The molecule has 2 rings (SSSR count). The molecule has 0 saturated heterocycles. The summed E-state index contributed by atoms with van der Waals surface area (Å²) in [5.41, 5.74) is -0.813. The number of carbonyl (C=O) groups is 2. The van der Waals surface area contributed by atoms with Gasteiger partial charge in [0.05, 0.1) is 5.41 Å². The van der Waals surface area contributed by atoms with E-state index in [1.165, 1.54) is 12.8 Å². The molecular weight excluding hydrogens is 258 g/mol. The van der Waals surface area contributed by atoms with Gasteiger partial charge in [0.1, 0.15) is 0 Å². The van der Waals surface area contributed by atoms with Crippen LogP contribution in [0.1, 0.15) is 51.4 Å². The topological polar surface area (TPSA) is 75.6 Å². The maximum absolute atomic E-state index is 11.8. The Balaban J connectivity index is 1.57. The molecule has 0 aromatic carbocycles. The molecule has 0 bridgehead atoms. The van der Waals surface area contributed by atoms with Crippen molar-refractivity contribution in [1.82, 2.24) is 5.32 Å². The predicted octanol–water partition coefficient (Wildman–Crippen LogP) is 1.95. The summed E-state index contributed by atoms with van der Waals surface area (Å²) >= 11 is 0.